The van der Waals surface area contributed by atoms with Crippen molar-refractivity contribution in [3.63, 3.8) is 0 Å². The molecule has 0 spiro atoms. The minimum atomic E-state index is -0.0599. The smallest absolute Gasteiger partial charge is 0.255 e. The topological polar surface area (TPSA) is 59.2 Å². The molecule has 17 heavy (non-hydrogen) atoms. The second-order valence-electron chi connectivity index (χ2n) is 3.66. The number of rotatable bonds is 1. The fourth-order valence-electron chi connectivity index (χ4n) is 1.69. The van der Waals surface area contributed by atoms with E-state index in [1.807, 2.05) is 0 Å². The molecule has 96 valence electrons. The molecule has 1 saturated heterocycles. The zero-order chi connectivity index (χ0) is 10.8. The quantitative estimate of drug-likeness (QED) is 0.859. The van der Waals surface area contributed by atoms with E-state index in [0.717, 1.165) is 6.42 Å². The van der Waals surface area contributed by atoms with E-state index in [1.54, 1.807) is 17.2 Å². The summed E-state index contributed by atoms with van der Waals surface area (Å²) < 4.78 is 0. The molecule has 1 aliphatic rings. The van der Waals surface area contributed by atoms with Crippen molar-refractivity contribution in [1.29, 1.82) is 0 Å². The van der Waals surface area contributed by atoms with Gasteiger partial charge in [0.2, 0.25) is 0 Å². The summed E-state index contributed by atoms with van der Waals surface area (Å²) in [6.45, 7) is 1.32. The number of pyridine rings is 1. The van der Waals surface area contributed by atoms with Crippen LogP contribution in [-0.2, 0) is 0 Å². The predicted molar refractivity (Wildman–Crippen MR) is 72.2 cm³/mol. The fourth-order valence-corrected chi connectivity index (χ4v) is 1.89. The summed E-state index contributed by atoms with van der Waals surface area (Å²) in [6.07, 6.45) is 3.90. The summed E-state index contributed by atoms with van der Waals surface area (Å²) in [5, 5.41) is 0.392. The van der Waals surface area contributed by atoms with Crippen LogP contribution in [0.25, 0.3) is 0 Å². The molecular formula is C10H14Cl3N3O. The van der Waals surface area contributed by atoms with Gasteiger partial charge in [0.1, 0.15) is 0 Å². The van der Waals surface area contributed by atoms with Gasteiger partial charge in [0.05, 0.1) is 10.6 Å². The first-order valence-electron chi connectivity index (χ1n) is 4.83. The summed E-state index contributed by atoms with van der Waals surface area (Å²) in [5.74, 6) is -0.0599. The Bertz CT molecular complexity index is 389. The molecule has 1 fully saturated rings. The van der Waals surface area contributed by atoms with Crippen LogP contribution in [0.5, 0.6) is 0 Å². The number of carbonyl (C=O) groups excluding carboxylic acids is 1. The third-order valence-electron chi connectivity index (χ3n) is 2.51. The number of hydrogen-bond acceptors (Lipinski definition) is 3. The lowest BCUT2D eigenvalue weighted by Crippen LogP contribution is -2.32. The van der Waals surface area contributed by atoms with Crippen molar-refractivity contribution in [2.24, 2.45) is 5.73 Å². The summed E-state index contributed by atoms with van der Waals surface area (Å²) >= 11 is 5.89. The zero-order valence-electron chi connectivity index (χ0n) is 9.01. The lowest BCUT2D eigenvalue weighted by Gasteiger charge is -2.16. The lowest BCUT2D eigenvalue weighted by atomic mass is 10.2. The van der Waals surface area contributed by atoms with Gasteiger partial charge in [0, 0.05) is 31.5 Å². The number of carbonyl (C=O) groups is 1. The first kappa shape index (κ1) is 16.4. The van der Waals surface area contributed by atoms with E-state index in [9.17, 15) is 4.79 Å². The van der Waals surface area contributed by atoms with Crippen molar-refractivity contribution in [1.82, 2.24) is 9.88 Å². The highest BCUT2D eigenvalue weighted by Crippen LogP contribution is 2.18. The van der Waals surface area contributed by atoms with E-state index in [2.05, 4.69) is 4.98 Å². The molecule has 0 bridgehead atoms. The molecule has 1 unspecified atom stereocenters. The molecule has 1 aromatic heterocycles. The molecule has 4 nitrogen and oxygen atoms in total. The molecule has 2 heterocycles. The van der Waals surface area contributed by atoms with Gasteiger partial charge < -0.3 is 10.6 Å². The Morgan fingerprint density at radius 1 is 1.53 bits per heavy atom. The Balaban J connectivity index is 0.00000128. The molecule has 1 amide bonds. The van der Waals surface area contributed by atoms with Crippen molar-refractivity contribution >= 4 is 42.3 Å². The number of likely N-dealkylation sites (tertiary alicyclic amines) is 1. The second-order valence-corrected chi connectivity index (χ2v) is 4.06. The number of nitrogens with zero attached hydrogens (tertiary/aromatic N) is 2. The minimum absolute atomic E-state index is 0. The fraction of sp³-hybridized carbons (Fsp3) is 0.400. The molecule has 7 heteroatoms. The van der Waals surface area contributed by atoms with Gasteiger partial charge in [0.15, 0.2) is 0 Å². The van der Waals surface area contributed by atoms with Crippen LogP contribution in [0.3, 0.4) is 0 Å². The highest BCUT2D eigenvalue weighted by Gasteiger charge is 2.25. The van der Waals surface area contributed by atoms with Crippen molar-refractivity contribution in [3.8, 4) is 0 Å². The molecule has 2 rings (SSSR count). The van der Waals surface area contributed by atoms with E-state index in [4.69, 9.17) is 17.3 Å². The molecule has 1 aliphatic heterocycles. The number of hydrogen-bond donors (Lipinski definition) is 1. The van der Waals surface area contributed by atoms with E-state index < -0.39 is 0 Å². The summed E-state index contributed by atoms with van der Waals surface area (Å²) in [5.41, 5.74) is 6.24. The van der Waals surface area contributed by atoms with Crippen molar-refractivity contribution < 1.29 is 4.79 Å². The Kier molecular flexibility index (Phi) is 6.78. The summed E-state index contributed by atoms with van der Waals surface area (Å²) in [4.78, 5) is 17.5. The molecule has 0 aromatic carbocycles. The van der Waals surface area contributed by atoms with E-state index in [-0.39, 0.29) is 36.8 Å². The van der Waals surface area contributed by atoms with E-state index in [0.29, 0.717) is 23.7 Å². The largest absolute Gasteiger partial charge is 0.337 e. The van der Waals surface area contributed by atoms with Gasteiger partial charge in [0.25, 0.3) is 5.91 Å². The van der Waals surface area contributed by atoms with Crippen molar-refractivity contribution in [2.75, 3.05) is 13.1 Å². The number of nitrogens with two attached hydrogens (primary N) is 1. The van der Waals surface area contributed by atoms with Gasteiger partial charge in [-0.15, -0.1) is 24.8 Å². The number of amides is 1. The van der Waals surface area contributed by atoms with Gasteiger partial charge in [-0.1, -0.05) is 11.6 Å². The Morgan fingerprint density at radius 2 is 2.24 bits per heavy atom. The van der Waals surface area contributed by atoms with Crippen LogP contribution < -0.4 is 5.73 Å². The molecular weight excluding hydrogens is 284 g/mol. The van der Waals surface area contributed by atoms with Gasteiger partial charge in [-0.3, -0.25) is 9.78 Å². The van der Waals surface area contributed by atoms with Gasteiger partial charge >= 0.3 is 0 Å². The number of halogens is 3. The SMILES string of the molecule is Cl.Cl.NC1CCN(C(=O)c2ccncc2Cl)C1. The lowest BCUT2D eigenvalue weighted by molar-refractivity contribution is 0.0791. The monoisotopic (exact) mass is 297 g/mol. The van der Waals surface area contributed by atoms with Gasteiger partial charge in [-0.05, 0) is 12.5 Å². The van der Waals surface area contributed by atoms with Crippen molar-refractivity contribution in [3.05, 3.63) is 29.0 Å². The maximum atomic E-state index is 12.0. The molecule has 0 saturated carbocycles. The Hall–Kier alpha value is -0.550. The van der Waals surface area contributed by atoms with E-state index in [1.165, 1.54) is 6.20 Å². The molecule has 1 aromatic rings. The average Bonchev–Trinajstić information content (AvgIpc) is 2.65. The zero-order valence-corrected chi connectivity index (χ0v) is 11.4. The predicted octanol–water partition coefficient (Wildman–Crippen LogP) is 1.75. The third kappa shape index (κ3) is 3.71. The summed E-state index contributed by atoms with van der Waals surface area (Å²) in [7, 11) is 0. The van der Waals surface area contributed by atoms with Crippen LogP contribution in [-0.4, -0.2) is 34.9 Å². The highest BCUT2D eigenvalue weighted by molar-refractivity contribution is 6.33. The van der Waals surface area contributed by atoms with Crippen LogP contribution in [0, 0.1) is 0 Å². The first-order valence-corrected chi connectivity index (χ1v) is 5.20. The van der Waals surface area contributed by atoms with Crippen molar-refractivity contribution in [2.45, 2.75) is 12.5 Å². The molecule has 1 atom stereocenters. The Labute approximate surface area is 117 Å². The van der Waals surface area contributed by atoms with Crippen LogP contribution in [0.1, 0.15) is 16.8 Å². The maximum Gasteiger partial charge on any atom is 0.255 e. The molecule has 0 aliphatic carbocycles. The standard InChI is InChI=1S/C10H12ClN3O.2ClH/c11-9-5-13-3-1-8(9)10(15)14-4-2-7(12)6-14;;/h1,3,5,7H,2,4,6,12H2;2*1H. The minimum Gasteiger partial charge on any atom is -0.337 e. The summed E-state index contributed by atoms with van der Waals surface area (Å²) in [6, 6.07) is 1.73. The van der Waals surface area contributed by atoms with Gasteiger partial charge in [-0.2, -0.15) is 0 Å². The molecule has 2 N–H and O–H groups in total. The van der Waals surface area contributed by atoms with Gasteiger partial charge in [-0.25, -0.2) is 0 Å². The Morgan fingerprint density at radius 3 is 2.76 bits per heavy atom. The maximum absolute atomic E-state index is 12.0. The van der Waals surface area contributed by atoms with E-state index >= 15 is 0 Å². The van der Waals surface area contributed by atoms with Crippen LogP contribution in [0.4, 0.5) is 0 Å². The van der Waals surface area contributed by atoms with Crippen LogP contribution in [0.2, 0.25) is 5.02 Å². The van der Waals surface area contributed by atoms with Crippen LogP contribution in [0.15, 0.2) is 18.5 Å². The first-order chi connectivity index (χ1) is 7.18. The third-order valence-corrected chi connectivity index (χ3v) is 2.82. The highest BCUT2D eigenvalue weighted by atomic mass is 35.5. The molecule has 0 radical (unpaired) electrons. The normalized spacial score (nSPS) is 18.2. The average molecular weight is 299 g/mol. The second kappa shape index (κ2) is 7.01. The number of aromatic nitrogens is 1. The van der Waals surface area contributed by atoms with Crippen LogP contribution >= 0.6 is 36.4 Å².